The number of H-pyrrole nitrogens is 1. The number of carbonyl (C=O) groups is 1. The predicted molar refractivity (Wildman–Crippen MR) is 69.3 cm³/mol. The maximum Gasteiger partial charge on any atom is 0.176 e. The Morgan fingerprint density at radius 1 is 1.17 bits per heavy atom. The number of Topliss-reactive ketones (excluding diaryl/α,β-unsaturated/α-hetero) is 1. The second-order valence-electron chi connectivity index (χ2n) is 4.10. The van der Waals surface area contributed by atoms with Crippen molar-refractivity contribution in [3.63, 3.8) is 0 Å². The zero-order chi connectivity index (χ0) is 12.5. The number of carbonyl (C=O) groups excluding carboxylic acids is 1. The summed E-state index contributed by atoms with van der Waals surface area (Å²) >= 11 is 0. The Labute approximate surface area is 104 Å². The van der Waals surface area contributed by atoms with Crippen molar-refractivity contribution in [2.45, 2.75) is 6.92 Å². The fourth-order valence-electron chi connectivity index (χ4n) is 2.13. The first-order valence-corrected chi connectivity index (χ1v) is 5.64. The SMILES string of the molecule is CC(=O)c1[nH]c2ccccc2c1-c1cncnc1. The molecule has 0 aliphatic carbocycles. The van der Waals surface area contributed by atoms with Gasteiger partial charge in [0.2, 0.25) is 0 Å². The van der Waals surface area contributed by atoms with E-state index in [2.05, 4.69) is 15.0 Å². The number of aromatic amines is 1. The van der Waals surface area contributed by atoms with Gasteiger partial charge >= 0.3 is 0 Å². The van der Waals surface area contributed by atoms with E-state index in [0.29, 0.717) is 5.69 Å². The molecule has 1 N–H and O–H groups in total. The Kier molecular flexibility index (Phi) is 2.41. The van der Waals surface area contributed by atoms with Gasteiger partial charge in [0.15, 0.2) is 5.78 Å². The molecule has 88 valence electrons. The Hall–Kier alpha value is -2.49. The summed E-state index contributed by atoms with van der Waals surface area (Å²) in [5, 5.41) is 1.01. The summed E-state index contributed by atoms with van der Waals surface area (Å²) < 4.78 is 0. The van der Waals surface area contributed by atoms with Gasteiger partial charge in [-0.25, -0.2) is 9.97 Å². The van der Waals surface area contributed by atoms with Crippen LogP contribution in [0.3, 0.4) is 0 Å². The second-order valence-corrected chi connectivity index (χ2v) is 4.10. The number of benzene rings is 1. The van der Waals surface area contributed by atoms with E-state index >= 15 is 0 Å². The molecular weight excluding hydrogens is 226 g/mol. The van der Waals surface area contributed by atoms with Crippen molar-refractivity contribution in [1.29, 1.82) is 0 Å². The van der Waals surface area contributed by atoms with Crippen LogP contribution in [0.4, 0.5) is 0 Å². The van der Waals surface area contributed by atoms with E-state index in [9.17, 15) is 4.79 Å². The van der Waals surface area contributed by atoms with Crippen LogP contribution in [-0.4, -0.2) is 20.7 Å². The van der Waals surface area contributed by atoms with Crippen LogP contribution in [0.1, 0.15) is 17.4 Å². The third-order valence-electron chi connectivity index (χ3n) is 2.91. The summed E-state index contributed by atoms with van der Waals surface area (Å²) in [5.74, 6) is 0.00468. The Balaban J connectivity index is 2.38. The molecule has 0 aliphatic heterocycles. The van der Waals surface area contributed by atoms with Gasteiger partial charge in [0.05, 0.1) is 5.69 Å². The molecule has 0 bridgehead atoms. The van der Waals surface area contributed by atoms with Crippen molar-refractivity contribution in [2.24, 2.45) is 0 Å². The molecule has 2 heterocycles. The molecule has 2 aromatic heterocycles. The molecule has 0 spiro atoms. The van der Waals surface area contributed by atoms with Crippen LogP contribution in [0.15, 0.2) is 43.0 Å². The highest BCUT2D eigenvalue weighted by Crippen LogP contribution is 2.31. The van der Waals surface area contributed by atoms with Crippen molar-refractivity contribution in [2.75, 3.05) is 0 Å². The number of rotatable bonds is 2. The van der Waals surface area contributed by atoms with Crippen LogP contribution in [0, 0.1) is 0 Å². The van der Waals surface area contributed by atoms with E-state index in [1.807, 2.05) is 24.3 Å². The van der Waals surface area contributed by atoms with Gasteiger partial charge in [-0.15, -0.1) is 0 Å². The van der Waals surface area contributed by atoms with E-state index in [1.165, 1.54) is 6.33 Å². The van der Waals surface area contributed by atoms with E-state index in [1.54, 1.807) is 19.3 Å². The summed E-state index contributed by atoms with van der Waals surface area (Å²) in [5.41, 5.74) is 3.27. The van der Waals surface area contributed by atoms with E-state index in [-0.39, 0.29) is 5.78 Å². The van der Waals surface area contributed by atoms with Gasteiger partial charge in [0, 0.05) is 41.3 Å². The molecular formula is C14H11N3O. The van der Waals surface area contributed by atoms with Gasteiger partial charge in [-0.3, -0.25) is 4.79 Å². The van der Waals surface area contributed by atoms with E-state index in [0.717, 1.165) is 22.0 Å². The molecule has 0 radical (unpaired) electrons. The Bertz CT molecular complexity index is 716. The first-order chi connectivity index (χ1) is 8.77. The molecule has 18 heavy (non-hydrogen) atoms. The topological polar surface area (TPSA) is 58.6 Å². The summed E-state index contributed by atoms with van der Waals surface area (Å²) in [6, 6.07) is 7.83. The molecule has 0 unspecified atom stereocenters. The van der Waals surface area contributed by atoms with Crippen LogP contribution < -0.4 is 0 Å². The number of ketones is 1. The van der Waals surface area contributed by atoms with Gasteiger partial charge in [-0.1, -0.05) is 18.2 Å². The van der Waals surface area contributed by atoms with Crippen molar-refractivity contribution in [1.82, 2.24) is 15.0 Å². The third kappa shape index (κ3) is 1.59. The lowest BCUT2D eigenvalue weighted by Gasteiger charge is -2.00. The molecule has 4 heteroatoms. The largest absolute Gasteiger partial charge is 0.352 e. The number of nitrogens with zero attached hydrogens (tertiary/aromatic N) is 2. The van der Waals surface area contributed by atoms with E-state index < -0.39 is 0 Å². The van der Waals surface area contributed by atoms with Crippen LogP contribution >= 0.6 is 0 Å². The third-order valence-corrected chi connectivity index (χ3v) is 2.91. The first kappa shape index (κ1) is 10.7. The molecule has 0 amide bonds. The zero-order valence-corrected chi connectivity index (χ0v) is 9.84. The lowest BCUT2D eigenvalue weighted by Crippen LogP contribution is -1.95. The minimum Gasteiger partial charge on any atom is -0.352 e. The molecule has 3 aromatic rings. The molecule has 0 saturated heterocycles. The van der Waals surface area contributed by atoms with E-state index in [4.69, 9.17) is 0 Å². The number of hydrogen-bond acceptors (Lipinski definition) is 3. The quantitative estimate of drug-likeness (QED) is 0.697. The maximum absolute atomic E-state index is 11.7. The molecule has 0 atom stereocenters. The average Bonchev–Trinajstić information content (AvgIpc) is 2.79. The van der Waals surface area contributed by atoms with Crippen molar-refractivity contribution in [3.8, 4) is 11.1 Å². The second kappa shape index (κ2) is 4.07. The van der Waals surface area contributed by atoms with Gasteiger partial charge in [0.25, 0.3) is 0 Å². The predicted octanol–water partition coefficient (Wildman–Crippen LogP) is 2.83. The van der Waals surface area contributed by atoms with Gasteiger partial charge in [-0.05, 0) is 6.07 Å². The molecule has 0 saturated carbocycles. The smallest absolute Gasteiger partial charge is 0.176 e. The molecule has 1 aromatic carbocycles. The first-order valence-electron chi connectivity index (χ1n) is 5.64. The number of para-hydroxylation sites is 1. The lowest BCUT2D eigenvalue weighted by atomic mass is 10.0. The fraction of sp³-hybridized carbons (Fsp3) is 0.0714. The highest BCUT2D eigenvalue weighted by molar-refractivity contribution is 6.09. The van der Waals surface area contributed by atoms with Gasteiger partial charge < -0.3 is 4.98 Å². The van der Waals surface area contributed by atoms with Crippen molar-refractivity contribution >= 4 is 16.7 Å². The number of aromatic nitrogens is 3. The number of fused-ring (bicyclic) bond motifs is 1. The Morgan fingerprint density at radius 2 is 1.89 bits per heavy atom. The molecule has 0 fully saturated rings. The monoisotopic (exact) mass is 237 g/mol. The number of nitrogens with one attached hydrogen (secondary N) is 1. The molecule has 0 aliphatic rings. The fourth-order valence-corrected chi connectivity index (χ4v) is 2.13. The summed E-state index contributed by atoms with van der Waals surface area (Å²) in [6.45, 7) is 1.55. The van der Waals surface area contributed by atoms with Crippen molar-refractivity contribution in [3.05, 3.63) is 48.7 Å². The highest BCUT2D eigenvalue weighted by Gasteiger charge is 2.16. The summed E-state index contributed by atoms with van der Waals surface area (Å²) in [6.07, 6.45) is 4.91. The molecule has 4 nitrogen and oxygen atoms in total. The van der Waals surface area contributed by atoms with Crippen LogP contribution in [0.2, 0.25) is 0 Å². The van der Waals surface area contributed by atoms with Gasteiger partial charge in [0.1, 0.15) is 6.33 Å². The normalized spacial score (nSPS) is 10.7. The van der Waals surface area contributed by atoms with Crippen molar-refractivity contribution < 1.29 is 4.79 Å². The number of hydrogen-bond donors (Lipinski definition) is 1. The standard InChI is InChI=1S/C14H11N3O/c1-9(18)14-13(10-6-15-8-16-7-10)11-4-2-3-5-12(11)17-14/h2-8,17H,1H3. The highest BCUT2D eigenvalue weighted by atomic mass is 16.1. The lowest BCUT2D eigenvalue weighted by molar-refractivity contribution is 0.101. The van der Waals surface area contributed by atoms with Crippen LogP contribution in [-0.2, 0) is 0 Å². The minimum absolute atomic E-state index is 0.00468. The van der Waals surface area contributed by atoms with Gasteiger partial charge in [-0.2, -0.15) is 0 Å². The summed E-state index contributed by atoms with van der Waals surface area (Å²) in [4.78, 5) is 22.9. The maximum atomic E-state index is 11.7. The minimum atomic E-state index is 0.00468. The van der Waals surface area contributed by atoms with Crippen LogP contribution in [0.5, 0.6) is 0 Å². The molecule has 3 rings (SSSR count). The summed E-state index contributed by atoms with van der Waals surface area (Å²) in [7, 11) is 0. The zero-order valence-electron chi connectivity index (χ0n) is 9.84. The van der Waals surface area contributed by atoms with Crippen LogP contribution in [0.25, 0.3) is 22.0 Å². The Morgan fingerprint density at radius 3 is 2.61 bits per heavy atom. The average molecular weight is 237 g/mol.